The van der Waals surface area contributed by atoms with Crippen LogP contribution in [0, 0.1) is 29.4 Å². The van der Waals surface area contributed by atoms with Crippen LogP contribution in [0.1, 0.15) is 48.7 Å². The lowest BCUT2D eigenvalue weighted by Gasteiger charge is -2.42. The van der Waals surface area contributed by atoms with Gasteiger partial charge < -0.3 is 21.3 Å². The third-order valence-corrected chi connectivity index (χ3v) is 6.07. The number of nitrogens with two attached hydrogens (primary N) is 1. The topological polar surface area (TPSA) is 126 Å². The Morgan fingerprint density at radius 3 is 2.55 bits per heavy atom. The van der Waals surface area contributed by atoms with Crippen molar-refractivity contribution in [3.05, 3.63) is 53.4 Å². The van der Waals surface area contributed by atoms with E-state index >= 15 is 0 Å². The molecule has 1 heterocycles. The number of carbonyl (C=O) groups is 2. The molecule has 3 atom stereocenters. The monoisotopic (exact) mass is 433 g/mol. The fourth-order valence-corrected chi connectivity index (χ4v) is 4.27. The summed E-state index contributed by atoms with van der Waals surface area (Å²) in [5, 5.41) is 23.6. The van der Waals surface area contributed by atoms with Gasteiger partial charge in [0.05, 0.1) is 0 Å². The molecule has 0 radical (unpaired) electrons. The molecule has 166 valence electrons. The van der Waals surface area contributed by atoms with Crippen molar-refractivity contribution in [2.24, 2.45) is 23.5 Å². The van der Waals surface area contributed by atoms with Crippen LogP contribution >= 0.6 is 0 Å². The number of nitrogens with one attached hydrogen (secondary N) is 1. The summed E-state index contributed by atoms with van der Waals surface area (Å²) in [6, 6.07) is 4.72. The maximum atomic E-state index is 14.0. The highest BCUT2D eigenvalue weighted by Crippen LogP contribution is 2.47. The number of halogens is 2. The van der Waals surface area contributed by atoms with E-state index in [1.165, 1.54) is 24.4 Å². The molecule has 0 unspecified atom stereocenters. The van der Waals surface area contributed by atoms with Crippen LogP contribution in [0.5, 0.6) is 5.75 Å². The van der Waals surface area contributed by atoms with E-state index in [0.29, 0.717) is 5.92 Å². The molecule has 1 aromatic heterocycles. The first-order chi connectivity index (χ1) is 14.6. The second kappa shape index (κ2) is 8.97. The first-order valence-corrected chi connectivity index (χ1v) is 10.0. The van der Waals surface area contributed by atoms with E-state index in [9.17, 15) is 28.6 Å². The number of phenolic OH excluding ortho intramolecular Hbond substituents is 1. The van der Waals surface area contributed by atoms with E-state index in [4.69, 9.17) is 5.73 Å². The molecule has 9 heteroatoms. The predicted molar refractivity (Wildman–Crippen MR) is 109 cm³/mol. The molecule has 1 aliphatic carbocycles. The zero-order valence-electron chi connectivity index (χ0n) is 17.2. The molecular weight excluding hydrogens is 408 g/mol. The van der Waals surface area contributed by atoms with Crippen LogP contribution in [0.3, 0.4) is 0 Å². The minimum absolute atomic E-state index is 0.0406. The second-order valence-corrected chi connectivity index (χ2v) is 8.25. The van der Waals surface area contributed by atoms with Crippen molar-refractivity contribution in [2.45, 2.75) is 38.7 Å². The van der Waals surface area contributed by atoms with Crippen molar-refractivity contribution in [1.82, 2.24) is 4.98 Å². The van der Waals surface area contributed by atoms with Gasteiger partial charge in [-0.3, -0.25) is 14.6 Å². The summed E-state index contributed by atoms with van der Waals surface area (Å²) in [7, 11) is 0. The normalized spacial score (nSPS) is 20.9. The average Bonchev–Trinajstić information content (AvgIpc) is 2.71. The van der Waals surface area contributed by atoms with E-state index in [1.807, 2.05) is 6.92 Å². The third kappa shape index (κ3) is 4.66. The number of carbonyl (C=O) groups excluding carboxylic acids is 2. The number of pyridine rings is 1. The van der Waals surface area contributed by atoms with Crippen molar-refractivity contribution in [2.75, 3.05) is 5.32 Å². The van der Waals surface area contributed by atoms with E-state index < -0.39 is 41.2 Å². The molecule has 2 amide bonds. The minimum Gasteiger partial charge on any atom is -0.505 e. The van der Waals surface area contributed by atoms with Crippen LogP contribution in [0.15, 0.2) is 30.5 Å². The highest BCUT2D eigenvalue weighted by atomic mass is 19.2. The van der Waals surface area contributed by atoms with Gasteiger partial charge in [-0.05, 0) is 48.8 Å². The van der Waals surface area contributed by atoms with Crippen LogP contribution in [0.4, 0.5) is 14.5 Å². The summed E-state index contributed by atoms with van der Waals surface area (Å²) < 4.78 is 27.6. The van der Waals surface area contributed by atoms with Gasteiger partial charge in [-0.1, -0.05) is 19.9 Å². The first kappa shape index (κ1) is 22.6. The number of aliphatic hydroxyl groups excluding tert-OH is 1. The number of amides is 2. The van der Waals surface area contributed by atoms with Gasteiger partial charge in [0, 0.05) is 23.4 Å². The maximum absolute atomic E-state index is 14.0. The Hall–Kier alpha value is -3.07. The van der Waals surface area contributed by atoms with E-state index in [-0.39, 0.29) is 28.8 Å². The zero-order valence-corrected chi connectivity index (χ0v) is 17.2. The van der Waals surface area contributed by atoms with Gasteiger partial charge in [0.25, 0.3) is 11.8 Å². The molecule has 0 saturated heterocycles. The molecule has 0 spiro atoms. The summed E-state index contributed by atoms with van der Waals surface area (Å²) in [4.78, 5) is 27.9. The number of primary amides is 1. The molecule has 2 aromatic rings. The lowest BCUT2D eigenvalue weighted by molar-refractivity contribution is -0.126. The van der Waals surface area contributed by atoms with Crippen molar-refractivity contribution in [3.8, 4) is 5.75 Å². The maximum Gasteiger partial charge on any atom is 0.267 e. The fourth-order valence-electron chi connectivity index (χ4n) is 4.27. The average molecular weight is 433 g/mol. The molecule has 1 fully saturated rings. The van der Waals surface area contributed by atoms with E-state index in [1.54, 1.807) is 0 Å². The van der Waals surface area contributed by atoms with Crippen LogP contribution in [-0.4, -0.2) is 33.1 Å². The molecule has 5 N–H and O–H groups in total. The molecule has 1 aliphatic rings. The molecule has 0 bridgehead atoms. The smallest absolute Gasteiger partial charge is 0.267 e. The SMILES string of the molecule is C[C@@H]([C@H]1C[C@@H](C)C1)[C@H](c1ccc(F)c(F)c1O)[C@@H](O)C(=O)Nc1ccnc(C(N)=O)c1. The summed E-state index contributed by atoms with van der Waals surface area (Å²) in [5.41, 5.74) is 5.26. The highest BCUT2D eigenvalue weighted by molar-refractivity contribution is 5.97. The fraction of sp³-hybridized carbons (Fsp3) is 0.409. The summed E-state index contributed by atoms with van der Waals surface area (Å²) in [6.07, 6.45) is 1.33. The number of nitrogens with zero attached hydrogens (tertiary/aromatic N) is 1. The van der Waals surface area contributed by atoms with Crippen LogP contribution in [-0.2, 0) is 4.79 Å². The van der Waals surface area contributed by atoms with Gasteiger partial charge in [-0.15, -0.1) is 0 Å². The summed E-state index contributed by atoms with van der Waals surface area (Å²) in [6.45, 7) is 3.90. The van der Waals surface area contributed by atoms with Gasteiger partial charge in [0.1, 0.15) is 11.8 Å². The molecule has 1 saturated carbocycles. The molecule has 31 heavy (non-hydrogen) atoms. The van der Waals surface area contributed by atoms with Gasteiger partial charge in [0.15, 0.2) is 11.6 Å². The Bertz CT molecular complexity index is 995. The standard InChI is InChI=1S/C22H25F2N3O4/c1-10-7-12(8-10)11(2)17(14-3-4-15(23)18(24)19(14)28)20(29)22(31)27-13-5-6-26-16(9-13)21(25)30/h3-6,9-12,17,20,28-29H,7-8H2,1-2H3,(H2,25,30)(H,26,27,31)/t10-,11-,12+,17+,20+/m0/s1. The third-order valence-electron chi connectivity index (χ3n) is 6.07. The number of benzene rings is 1. The molecule has 1 aromatic carbocycles. The van der Waals surface area contributed by atoms with Gasteiger partial charge in [-0.2, -0.15) is 4.39 Å². The number of hydrogen-bond donors (Lipinski definition) is 4. The molecular formula is C22H25F2N3O4. The predicted octanol–water partition coefficient (Wildman–Crippen LogP) is 2.93. The van der Waals surface area contributed by atoms with Crippen LogP contribution in [0.2, 0.25) is 0 Å². The Labute approximate surface area is 178 Å². The van der Waals surface area contributed by atoms with Crippen molar-refractivity contribution >= 4 is 17.5 Å². The number of phenols is 1. The van der Waals surface area contributed by atoms with Crippen LogP contribution in [0.25, 0.3) is 0 Å². The number of anilines is 1. The second-order valence-electron chi connectivity index (χ2n) is 8.25. The Morgan fingerprint density at radius 2 is 1.94 bits per heavy atom. The van der Waals surface area contributed by atoms with Crippen molar-refractivity contribution < 1.29 is 28.6 Å². The van der Waals surface area contributed by atoms with Crippen LogP contribution < -0.4 is 11.1 Å². The number of aliphatic hydroxyl groups is 1. The van der Waals surface area contributed by atoms with Crippen molar-refractivity contribution in [3.63, 3.8) is 0 Å². The van der Waals surface area contributed by atoms with Crippen molar-refractivity contribution in [1.29, 1.82) is 0 Å². The van der Waals surface area contributed by atoms with Gasteiger partial charge in [0.2, 0.25) is 5.82 Å². The van der Waals surface area contributed by atoms with Gasteiger partial charge in [-0.25, -0.2) is 4.39 Å². The minimum atomic E-state index is -1.67. The number of hydrogen-bond acceptors (Lipinski definition) is 5. The Kier molecular flexibility index (Phi) is 6.54. The molecule has 7 nitrogen and oxygen atoms in total. The number of rotatable bonds is 7. The lowest BCUT2D eigenvalue weighted by Crippen LogP contribution is -2.40. The highest BCUT2D eigenvalue weighted by Gasteiger charge is 2.41. The summed E-state index contributed by atoms with van der Waals surface area (Å²) >= 11 is 0. The molecule has 3 rings (SSSR count). The van der Waals surface area contributed by atoms with Gasteiger partial charge >= 0.3 is 0 Å². The Morgan fingerprint density at radius 1 is 1.26 bits per heavy atom. The summed E-state index contributed by atoms with van der Waals surface area (Å²) in [5.74, 6) is -5.82. The largest absolute Gasteiger partial charge is 0.505 e. The number of aromatic hydroxyl groups is 1. The Balaban J connectivity index is 1.91. The van der Waals surface area contributed by atoms with E-state index in [2.05, 4.69) is 17.2 Å². The zero-order chi connectivity index (χ0) is 22.9. The lowest BCUT2D eigenvalue weighted by atomic mass is 9.64. The van der Waals surface area contributed by atoms with E-state index in [0.717, 1.165) is 18.9 Å². The first-order valence-electron chi connectivity index (χ1n) is 10.0. The quantitative estimate of drug-likeness (QED) is 0.534. The number of aromatic nitrogens is 1. The molecule has 0 aliphatic heterocycles.